The van der Waals surface area contributed by atoms with Crippen molar-refractivity contribution in [3.63, 3.8) is 0 Å². The van der Waals surface area contributed by atoms with E-state index in [-0.39, 0.29) is 16.7 Å². The van der Waals surface area contributed by atoms with Crippen LogP contribution in [0.1, 0.15) is 62.8 Å². The van der Waals surface area contributed by atoms with Gasteiger partial charge in [-0.05, 0) is 77.1 Å². The quantitative estimate of drug-likeness (QED) is 0.404. The van der Waals surface area contributed by atoms with Gasteiger partial charge in [0.05, 0.1) is 17.6 Å². The molecule has 2 aromatic carbocycles. The van der Waals surface area contributed by atoms with Crippen molar-refractivity contribution in [1.29, 1.82) is 0 Å². The number of hydrogen-bond donors (Lipinski definition) is 1. The van der Waals surface area contributed by atoms with Crippen molar-refractivity contribution in [2.45, 2.75) is 58.3 Å². The number of halogens is 1. The molecule has 0 spiro atoms. The summed E-state index contributed by atoms with van der Waals surface area (Å²) in [7, 11) is 1.55. The van der Waals surface area contributed by atoms with Gasteiger partial charge in [-0.15, -0.1) is 0 Å². The molecule has 168 valence electrons. The second kappa shape index (κ2) is 7.99. The molecule has 0 saturated carbocycles. The Morgan fingerprint density at radius 1 is 1.12 bits per heavy atom. The molecule has 1 amide bonds. The van der Waals surface area contributed by atoms with Gasteiger partial charge in [-0.3, -0.25) is 4.79 Å². The fourth-order valence-electron chi connectivity index (χ4n) is 4.66. The van der Waals surface area contributed by atoms with E-state index in [0.29, 0.717) is 26.1 Å². The molecular weight excluding hydrogens is 441 g/mol. The molecule has 2 aromatic rings. The molecule has 1 fully saturated rings. The number of ether oxygens (including phenoxy) is 1. The molecule has 6 heteroatoms. The number of aryl methyl sites for hydroxylation is 1. The van der Waals surface area contributed by atoms with E-state index < -0.39 is 5.82 Å². The smallest absolute Gasteiger partial charge is 0.263 e. The fourth-order valence-corrected chi connectivity index (χ4v) is 5.70. The Balaban J connectivity index is 1.93. The molecule has 0 unspecified atom stereocenters. The summed E-state index contributed by atoms with van der Waals surface area (Å²) in [5.74, 6) is -0.232. The number of carbonyl (C=O) groups excluding carboxylic acids is 1. The maximum atomic E-state index is 15.9. The van der Waals surface area contributed by atoms with Crippen LogP contribution in [0.2, 0.25) is 0 Å². The van der Waals surface area contributed by atoms with E-state index in [4.69, 9.17) is 17.0 Å². The first kappa shape index (κ1) is 23.0. The van der Waals surface area contributed by atoms with Crippen LogP contribution in [0.15, 0.2) is 29.2 Å². The first-order valence-corrected chi connectivity index (χ1v) is 11.9. The number of rotatable bonds is 3. The number of hydrogen-bond acceptors (Lipinski definition) is 4. The van der Waals surface area contributed by atoms with Crippen LogP contribution in [0.25, 0.3) is 17.2 Å². The minimum atomic E-state index is -0.404. The number of benzene rings is 2. The third-order valence-corrected chi connectivity index (χ3v) is 7.91. The predicted molar refractivity (Wildman–Crippen MR) is 135 cm³/mol. The third-order valence-electron chi connectivity index (χ3n) is 6.75. The monoisotopic (exact) mass is 469 g/mol. The normalized spacial score (nSPS) is 20.3. The molecule has 0 aromatic heterocycles. The van der Waals surface area contributed by atoms with Crippen molar-refractivity contribution in [3.05, 3.63) is 57.2 Å². The van der Waals surface area contributed by atoms with Crippen molar-refractivity contribution in [3.8, 4) is 16.9 Å². The third kappa shape index (κ3) is 3.88. The lowest BCUT2D eigenvalue weighted by Crippen LogP contribution is -2.34. The number of amides is 1. The van der Waals surface area contributed by atoms with E-state index >= 15 is 4.39 Å². The molecule has 0 atom stereocenters. The Hall–Kier alpha value is -2.18. The Morgan fingerprint density at radius 3 is 2.31 bits per heavy atom. The largest absolute Gasteiger partial charge is 0.496 e. The van der Waals surface area contributed by atoms with Gasteiger partial charge >= 0.3 is 0 Å². The van der Waals surface area contributed by atoms with Gasteiger partial charge in [0.2, 0.25) is 0 Å². The molecule has 4 rings (SSSR count). The molecular formula is C26H28FNO2S2. The molecule has 1 aliphatic heterocycles. The van der Waals surface area contributed by atoms with Crippen molar-refractivity contribution in [2.24, 2.45) is 0 Å². The van der Waals surface area contributed by atoms with E-state index in [1.54, 1.807) is 25.3 Å². The van der Waals surface area contributed by atoms with Crippen LogP contribution in [-0.2, 0) is 15.6 Å². The summed E-state index contributed by atoms with van der Waals surface area (Å²) in [6, 6.07) is 7.76. The van der Waals surface area contributed by atoms with Gasteiger partial charge in [-0.2, -0.15) is 0 Å². The Labute approximate surface area is 198 Å². The van der Waals surface area contributed by atoms with Crippen LogP contribution in [0, 0.1) is 12.7 Å². The summed E-state index contributed by atoms with van der Waals surface area (Å²) in [5, 5.41) is 2.58. The van der Waals surface area contributed by atoms with Gasteiger partial charge < -0.3 is 10.1 Å². The lowest BCUT2D eigenvalue weighted by atomic mass is 9.62. The summed E-state index contributed by atoms with van der Waals surface area (Å²) < 4.78 is 21.9. The van der Waals surface area contributed by atoms with Gasteiger partial charge in [-0.1, -0.05) is 57.7 Å². The van der Waals surface area contributed by atoms with Gasteiger partial charge in [0.25, 0.3) is 5.91 Å². The second-order valence-electron chi connectivity index (χ2n) is 9.88. The molecule has 32 heavy (non-hydrogen) atoms. The van der Waals surface area contributed by atoms with E-state index in [1.165, 1.54) is 11.1 Å². The topological polar surface area (TPSA) is 38.3 Å². The summed E-state index contributed by atoms with van der Waals surface area (Å²) in [4.78, 5) is 12.5. The number of thiocarbonyl (C=S) groups is 1. The molecule has 0 radical (unpaired) electrons. The van der Waals surface area contributed by atoms with Crippen LogP contribution in [0.4, 0.5) is 4.39 Å². The van der Waals surface area contributed by atoms with Gasteiger partial charge in [0.1, 0.15) is 15.9 Å². The summed E-state index contributed by atoms with van der Waals surface area (Å²) >= 11 is 6.20. The number of methoxy groups -OCH3 is 1. The highest BCUT2D eigenvalue weighted by Crippen LogP contribution is 2.49. The Kier molecular flexibility index (Phi) is 5.74. The zero-order valence-electron chi connectivity index (χ0n) is 19.3. The number of thioether (sulfide) groups is 1. The number of fused-ring (bicyclic) bond motifs is 1. The SMILES string of the molecule is COc1ccc(/C=C2\SC(=S)NC2=O)c(F)c1-c1cc2c(cc1C)C(C)(C)CCC2(C)C. The minimum absolute atomic E-state index is 0.00483. The Bertz CT molecular complexity index is 1180. The van der Waals surface area contributed by atoms with Crippen molar-refractivity contribution >= 4 is 40.3 Å². The lowest BCUT2D eigenvalue weighted by molar-refractivity contribution is -0.115. The maximum Gasteiger partial charge on any atom is 0.263 e. The van der Waals surface area contributed by atoms with Crippen LogP contribution in [-0.4, -0.2) is 17.3 Å². The van der Waals surface area contributed by atoms with E-state index in [0.717, 1.165) is 35.7 Å². The highest BCUT2D eigenvalue weighted by atomic mass is 32.2. The van der Waals surface area contributed by atoms with Crippen molar-refractivity contribution < 1.29 is 13.9 Å². The van der Waals surface area contributed by atoms with E-state index in [9.17, 15) is 4.79 Å². The molecule has 1 aliphatic carbocycles. The average molecular weight is 470 g/mol. The molecule has 0 bridgehead atoms. The van der Waals surface area contributed by atoms with Crippen molar-refractivity contribution in [2.75, 3.05) is 7.11 Å². The zero-order chi connectivity index (χ0) is 23.4. The molecule has 2 aliphatic rings. The highest BCUT2D eigenvalue weighted by molar-refractivity contribution is 8.26. The van der Waals surface area contributed by atoms with Gasteiger partial charge in [0, 0.05) is 5.56 Å². The van der Waals surface area contributed by atoms with Crippen LogP contribution < -0.4 is 10.1 Å². The van der Waals surface area contributed by atoms with E-state index in [1.807, 2.05) is 6.92 Å². The Morgan fingerprint density at radius 2 is 1.75 bits per heavy atom. The fraction of sp³-hybridized carbons (Fsp3) is 0.385. The number of carbonyl (C=O) groups is 1. The van der Waals surface area contributed by atoms with Gasteiger partial charge in [-0.25, -0.2) is 4.39 Å². The molecule has 1 saturated heterocycles. The second-order valence-corrected chi connectivity index (χ2v) is 11.6. The predicted octanol–water partition coefficient (Wildman–Crippen LogP) is 6.65. The lowest BCUT2D eigenvalue weighted by Gasteiger charge is -2.42. The van der Waals surface area contributed by atoms with Crippen LogP contribution >= 0.6 is 24.0 Å². The summed E-state index contributed by atoms with van der Waals surface area (Å²) in [6.45, 7) is 11.1. The first-order chi connectivity index (χ1) is 14.9. The highest BCUT2D eigenvalue weighted by Gasteiger charge is 2.38. The first-order valence-electron chi connectivity index (χ1n) is 10.7. The minimum Gasteiger partial charge on any atom is -0.496 e. The summed E-state index contributed by atoms with van der Waals surface area (Å²) in [5.41, 5.74) is 5.26. The van der Waals surface area contributed by atoms with Crippen LogP contribution in [0.3, 0.4) is 0 Å². The maximum absolute atomic E-state index is 15.9. The molecule has 3 nitrogen and oxygen atoms in total. The standard InChI is InChI=1S/C26H28FNO2S2/c1-14-11-17-18(26(4,5)10-9-25(17,2)3)13-16(14)21-19(30-6)8-7-15(22(21)27)12-20-23(29)28-24(31)32-20/h7-8,11-13H,9-10H2,1-6H3,(H,28,29,31)/b20-12-. The molecule has 1 heterocycles. The van der Waals surface area contributed by atoms with Gasteiger partial charge in [0.15, 0.2) is 0 Å². The van der Waals surface area contributed by atoms with Crippen molar-refractivity contribution in [1.82, 2.24) is 5.32 Å². The van der Waals surface area contributed by atoms with Crippen LogP contribution in [0.5, 0.6) is 5.75 Å². The average Bonchev–Trinajstić information content (AvgIpc) is 3.04. The van der Waals surface area contributed by atoms with E-state index in [2.05, 4.69) is 45.1 Å². The zero-order valence-corrected chi connectivity index (χ0v) is 20.9. The molecule has 1 N–H and O–H groups in total. The summed E-state index contributed by atoms with van der Waals surface area (Å²) in [6.07, 6.45) is 3.75. The number of nitrogens with one attached hydrogen (secondary N) is 1.